The second-order valence-corrected chi connectivity index (χ2v) is 4.63. The second-order valence-electron chi connectivity index (χ2n) is 4.63. The van der Waals surface area contributed by atoms with E-state index in [4.69, 9.17) is 4.74 Å². The van der Waals surface area contributed by atoms with Crippen LogP contribution in [0.25, 0.3) is 11.4 Å². The van der Waals surface area contributed by atoms with Crippen LogP contribution >= 0.6 is 0 Å². The molecule has 1 saturated carbocycles. The summed E-state index contributed by atoms with van der Waals surface area (Å²) in [6.45, 7) is 0.556. The van der Waals surface area contributed by atoms with E-state index in [0.29, 0.717) is 29.7 Å². The van der Waals surface area contributed by atoms with Gasteiger partial charge in [-0.15, -0.1) is 0 Å². The summed E-state index contributed by atoms with van der Waals surface area (Å²) in [6.07, 6.45) is 5.59. The summed E-state index contributed by atoms with van der Waals surface area (Å²) in [6, 6.07) is 4.90. The number of rotatable bonds is 5. The highest BCUT2D eigenvalue weighted by atomic mass is 16.6. The van der Waals surface area contributed by atoms with Crippen LogP contribution in [0.2, 0.25) is 0 Å². The fraction of sp³-hybridized carbons (Fsp3) is 0.308. The summed E-state index contributed by atoms with van der Waals surface area (Å²) in [5.74, 6) is 1.49. The van der Waals surface area contributed by atoms with Gasteiger partial charge in [-0.05, 0) is 30.9 Å². The molecule has 1 fully saturated rings. The van der Waals surface area contributed by atoms with E-state index in [2.05, 4.69) is 9.97 Å². The Hall–Kier alpha value is -2.37. The molecule has 0 atom stereocenters. The van der Waals surface area contributed by atoms with E-state index in [-0.39, 0.29) is 5.69 Å². The van der Waals surface area contributed by atoms with Crippen LogP contribution in [-0.2, 0) is 0 Å². The maximum absolute atomic E-state index is 11.1. The van der Waals surface area contributed by atoms with Gasteiger partial charge in [0.1, 0.15) is 5.82 Å². The molecular weight excluding hydrogens is 246 g/mol. The standard InChI is InChI=1S/C13H13N3O3/c17-16(18)11-7-10(13-14-5-6-15-13)3-4-12(11)19-8-9-1-2-9/h3-7,9H,1-2,8H2,(H,14,15). The smallest absolute Gasteiger partial charge is 0.311 e. The van der Waals surface area contributed by atoms with E-state index < -0.39 is 4.92 Å². The van der Waals surface area contributed by atoms with Crippen LogP contribution in [0.5, 0.6) is 5.75 Å². The Balaban J connectivity index is 1.89. The van der Waals surface area contributed by atoms with Gasteiger partial charge in [0.2, 0.25) is 0 Å². The molecule has 1 aromatic carbocycles. The van der Waals surface area contributed by atoms with E-state index in [0.717, 1.165) is 12.8 Å². The van der Waals surface area contributed by atoms with Gasteiger partial charge in [-0.25, -0.2) is 4.98 Å². The number of hydrogen-bond acceptors (Lipinski definition) is 4. The quantitative estimate of drug-likeness (QED) is 0.661. The molecule has 1 N–H and O–H groups in total. The summed E-state index contributed by atoms with van der Waals surface area (Å²) in [5.41, 5.74) is 0.657. The molecule has 2 aromatic rings. The molecule has 1 aliphatic rings. The summed E-state index contributed by atoms with van der Waals surface area (Å²) < 4.78 is 5.52. The maximum atomic E-state index is 11.1. The van der Waals surface area contributed by atoms with Gasteiger partial charge in [0.05, 0.1) is 11.5 Å². The molecule has 1 aliphatic carbocycles. The normalized spacial score (nSPS) is 14.3. The zero-order valence-electron chi connectivity index (χ0n) is 10.2. The molecule has 0 radical (unpaired) electrons. The third-order valence-electron chi connectivity index (χ3n) is 3.10. The minimum absolute atomic E-state index is 0.0189. The first-order valence-corrected chi connectivity index (χ1v) is 6.15. The minimum Gasteiger partial charge on any atom is -0.487 e. The molecule has 98 valence electrons. The van der Waals surface area contributed by atoms with Gasteiger partial charge in [-0.2, -0.15) is 0 Å². The van der Waals surface area contributed by atoms with Crippen molar-refractivity contribution in [1.29, 1.82) is 0 Å². The van der Waals surface area contributed by atoms with Crippen molar-refractivity contribution in [2.45, 2.75) is 12.8 Å². The van der Waals surface area contributed by atoms with Gasteiger partial charge < -0.3 is 9.72 Å². The number of nitrogens with one attached hydrogen (secondary N) is 1. The van der Waals surface area contributed by atoms with Gasteiger partial charge in [0.15, 0.2) is 5.75 Å². The van der Waals surface area contributed by atoms with Crippen LogP contribution in [0.1, 0.15) is 12.8 Å². The Kier molecular flexibility index (Phi) is 2.91. The van der Waals surface area contributed by atoms with Crippen molar-refractivity contribution < 1.29 is 9.66 Å². The lowest BCUT2D eigenvalue weighted by Crippen LogP contribution is -2.02. The van der Waals surface area contributed by atoms with Crippen molar-refractivity contribution in [3.05, 3.63) is 40.7 Å². The lowest BCUT2D eigenvalue weighted by molar-refractivity contribution is -0.385. The molecule has 3 rings (SSSR count). The van der Waals surface area contributed by atoms with E-state index in [1.54, 1.807) is 24.5 Å². The molecule has 0 amide bonds. The number of benzene rings is 1. The van der Waals surface area contributed by atoms with Crippen molar-refractivity contribution >= 4 is 5.69 Å². The monoisotopic (exact) mass is 259 g/mol. The zero-order chi connectivity index (χ0) is 13.2. The Morgan fingerprint density at radius 3 is 2.95 bits per heavy atom. The second kappa shape index (κ2) is 4.72. The fourth-order valence-electron chi connectivity index (χ4n) is 1.84. The molecular formula is C13H13N3O3. The van der Waals surface area contributed by atoms with E-state index in [1.807, 2.05) is 0 Å². The highest BCUT2D eigenvalue weighted by Crippen LogP contribution is 2.34. The Morgan fingerprint density at radius 2 is 2.32 bits per heavy atom. The van der Waals surface area contributed by atoms with Crippen molar-refractivity contribution in [2.75, 3.05) is 6.61 Å². The molecule has 0 unspecified atom stereocenters. The first kappa shape index (κ1) is 11.7. The average Bonchev–Trinajstić information content (AvgIpc) is 3.08. The lowest BCUT2D eigenvalue weighted by Gasteiger charge is -2.06. The largest absolute Gasteiger partial charge is 0.487 e. The van der Waals surface area contributed by atoms with Gasteiger partial charge in [0, 0.05) is 24.0 Å². The summed E-state index contributed by atoms with van der Waals surface area (Å²) in [4.78, 5) is 17.7. The van der Waals surface area contributed by atoms with Crippen molar-refractivity contribution in [1.82, 2.24) is 9.97 Å². The highest BCUT2D eigenvalue weighted by Gasteiger charge is 2.24. The van der Waals surface area contributed by atoms with Crippen molar-refractivity contribution in [3.63, 3.8) is 0 Å². The van der Waals surface area contributed by atoms with E-state index in [1.165, 1.54) is 6.07 Å². The number of nitro benzene ring substituents is 1. The van der Waals surface area contributed by atoms with E-state index >= 15 is 0 Å². The number of imidazole rings is 1. The number of hydrogen-bond donors (Lipinski definition) is 1. The molecule has 6 heteroatoms. The molecule has 6 nitrogen and oxygen atoms in total. The predicted molar refractivity (Wildman–Crippen MR) is 68.9 cm³/mol. The number of aromatic nitrogens is 2. The summed E-state index contributed by atoms with van der Waals surface area (Å²) in [5, 5.41) is 11.1. The molecule has 0 aliphatic heterocycles. The first-order valence-electron chi connectivity index (χ1n) is 6.15. The van der Waals surface area contributed by atoms with Crippen LogP contribution in [0.4, 0.5) is 5.69 Å². The van der Waals surface area contributed by atoms with Crippen molar-refractivity contribution in [3.8, 4) is 17.1 Å². The molecule has 1 heterocycles. The predicted octanol–water partition coefficient (Wildman–Crippen LogP) is 2.77. The molecule has 0 bridgehead atoms. The number of nitro groups is 1. The third kappa shape index (κ3) is 2.57. The molecule has 0 spiro atoms. The highest BCUT2D eigenvalue weighted by molar-refractivity contribution is 5.63. The van der Waals surface area contributed by atoms with Crippen LogP contribution in [0, 0.1) is 16.0 Å². The van der Waals surface area contributed by atoms with Gasteiger partial charge in [-0.3, -0.25) is 10.1 Å². The zero-order valence-corrected chi connectivity index (χ0v) is 10.2. The number of aromatic amines is 1. The molecule has 1 aromatic heterocycles. The summed E-state index contributed by atoms with van der Waals surface area (Å²) in [7, 11) is 0. The Morgan fingerprint density at radius 1 is 1.47 bits per heavy atom. The Labute approximate surface area is 109 Å². The van der Waals surface area contributed by atoms with Crippen LogP contribution in [0.15, 0.2) is 30.6 Å². The van der Waals surface area contributed by atoms with Crippen LogP contribution in [0.3, 0.4) is 0 Å². The number of nitrogens with zero attached hydrogens (tertiary/aromatic N) is 2. The van der Waals surface area contributed by atoms with Gasteiger partial charge >= 0.3 is 5.69 Å². The van der Waals surface area contributed by atoms with Crippen LogP contribution in [-0.4, -0.2) is 21.5 Å². The van der Waals surface area contributed by atoms with Gasteiger partial charge in [-0.1, -0.05) is 0 Å². The summed E-state index contributed by atoms with van der Waals surface area (Å²) >= 11 is 0. The maximum Gasteiger partial charge on any atom is 0.311 e. The Bertz CT molecular complexity index is 591. The SMILES string of the molecule is O=[N+]([O-])c1cc(-c2ncc[nH]2)ccc1OCC1CC1. The molecule has 0 saturated heterocycles. The topological polar surface area (TPSA) is 81.0 Å². The lowest BCUT2D eigenvalue weighted by atomic mass is 10.2. The van der Waals surface area contributed by atoms with Crippen molar-refractivity contribution in [2.24, 2.45) is 5.92 Å². The average molecular weight is 259 g/mol. The van der Waals surface area contributed by atoms with E-state index in [9.17, 15) is 10.1 Å². The number of ether oxygens (including phenoxy) is 1. The van der Waals surface area contributed by atoms with Crippen LogP contribution < -0.4 is 4.74 Å². The minimum atomic E-state index is -0.422. The molecule has 19 heavy (non-hydrogen) atoms. The first-order chi connectivity index (χ1) is 9.24. The fourth-order valence-corrected chi connectivity index (χ4v) is 1.84. The third-order valence-corrected chi connectivity index (χ3v) is 3.10. The number of H-pyrrole nitrogens is 1. The van der Waals surface area contributed by atoms with Gasteiger partial charge in [0.25, 0.3) is 0 Å².